The molecule has 0 bridgehead atoms. The molecule has 0 amide bonds. The van der Waals surface area contributed by atoms with Gasteiger partial charge in [-0.3, -0.25) is 0 Å². The fraction of sp³-hybridized carbons (Fsp3) is 0.600. The van der Waals surface area contributed by atoms with Crippen LogP contribution in [-0.2, 0) is 12.8 Å². The third-order valence-corrected chi connectivity index (χ3v) is 5.48. The first-order chi connectivity index (χ1) is 14.5. The minimum Gasteiger partial charge on any atom is -0.248 e. The molecule has 1 atom stereocenters. The van der Waals surface area contributed by atoms with Gasteiger partial charge in [0.1, 0.15) is 0 Å². The molecule has 1 aromatic heterocycles. The zero-order valence-corrected chi connectivity index (χ0v) is 18.4. The number of nitrogens with zero attached hydrogens (tertiary/aromatic N) is 2. The van der Waals surface area contributed by atoms with Gasteiger partial charge in [-0.25, -0.2) is 23.1 Å². The van der Waals surface area contributed by atoms with Crippen LogP contribution in [0, 0.1) is 11.6 Å². The number of alkyl halides is 1. The number of hydrogen-bond acceptors (Lipinski definition) is 2. The van der Waals surface area contributed by atoms with Gasteiger partial charge in [0.15, 0.2) is 17.5 Å². The number of benzene rings is 1. The summed E-state index contributed by atoms with van der Waals surface area (Å²) in [5.74, 6) is -1.51. The van der Waals surface area contributed by atoms with E-state index in [2.05, 4.69) is 16.9 Å². The molecule has 0 spiro atoms. The topological polar surface area (TPSA) is 25.8 Å². The molecule has 166 valence electrons. The Labute approximate surface area is 179 Å². The number of aromatic nitrogens is 2. The summed E-state index contributed by atoms with van der Waals surface area (Å²) in [5.41, 5.74) is 1.46. The summed E-state index contributed by atoms with van der Waals surface area (Å²) in [4.78, 5) is 8.52. The summed E-state index contributed by atoms with van der Waals surface area (Å²) in [5, 5.41) is 0. The molecule has 2 rings (SSSR count). The highest BCUT2D eigenvalue weighted by Gasteiger charge is 2.16. The van der Waals surface area contributed by atoms with Crippen LogP contribution in [0.4, 0.5) is 13.2 Å². The predicted octanol–water partition coefficient (Wildman–Crippen LogP) is 7.79. The normalized spacial score (nSPS) is 12.3. The van der Waals surface area contributed by atoms with Crippen molar-refractivity contribution in [2.75, 3.05) is 0 Å². The Bertz CT molecular complexity index is 745. The Morgan fingerprint density at radius 1 is 0.800 bits per heavy atom. The van der Waals surface area contributed by atoms with E-state index in [9.17, 15) is 13.2 Å². The van der Waals surface area contributed by atoms with Gasteiger partial charge < -0.3 is 0 Å². The number of aryl methyl sites for hydroxylation is 2. The Balaban J connectivity index is 1.88. The summed E-state index contributed by atoms with van der Waals surface area (Å²) in [6, 6.07) is 3.17. The van der Waals surface area contributed by atoms with Crippen LogP contribution >= 0.6 is 0 Å². The maximum absolute atomic E-state index is 14.6. The molecule has 2 nitrogen and oxygen atoms in total. The lowest BCUT2D eigenvalue weighted by molar-refractivity contribution is 0.330. The highest BCUT2D eigenvalue weighted by atomic mass is 19.2. The van der Waals surface area contributed by atoms with Crippen LogP contribution in [0.3, 0.4) is 0 Å². The van der Waals surface area contributed by atoms with Gasteiger partial charge in [-0.1, -0.05) is 57.9 Å². The molecule has 0 saturated carbocycles. The van der Waals surface area contributed by atoms with Gasteiger partial charge in [-0.2, -0.15) is 0 Å². The quantitative estimate of drug-likeness (QED) is 0.292. The average molecular weight is 421 g/mol. The molecule has 30 heavy (non-hydrogen) atoms. The number of rotatable bonds is 14. The summed E-state index contributed by atoms with van der Waals surface area (Å²) in [6.07, 6.45) is 14.1. The van der Waals surface area contributed by atoms with E-state index in [4.69, 9.17) is 0 Å². The molecular weight excluding hydrogens is 385 g/mol. The highest BCUT2D eigenvalue weighted by molar-refractivity contribution is 5.56. The van der Waals surface area contributed by atoms with Gasteiger partial charge in [0.2, 0.25) is 0 Å². The second kappa shape index (κ2) is 13.4. The van der Waals surface area contributed by atoms with Crippen LogP contribution in [0.2, 0.25) is 0 Å². The van der Waals surface area contributed by atoms with E-state index in [-0.39, 0.29) is 11.4 Å². The monoisotopic (exact) mass is 420 g/mol. The van der Waals surface area contributed by atoms with Gasteiger partial charge in [-0.05, 0) is 56.2 Å². The third kappa shape index (κ3) is 8.08. The van der Waals surface area contributed by atoms with Crippen molar-refractivity contribution < 1.29 is 13.2 Å². The molecule has 0 radical (unpaired) electrons. The zero-order chi connectivity index (χ0) is 21.8. The molecule has 1 heterocycles. The Morgan fingerprint density at radius 3 is 2.13 bits per heavy atom. The summed E-state index contributed by atoms with van der Waals surface area (Å²) >= 11 is 0. The Kier molecular flexibility index (Phi) is 10.9. The average Bonchev–Trinajstić information content (AvgIpc) is 2.74. The molecule has 1 aromatic carbocycles. The van der Waals surface area contributed by atoms with Gasteiger partial charge in [-0.15, -0.1) is 0 Å². The lowest BCUT2D eigenvalue weighted by atomic mass is 10.0. The van der Waals surface area contributed by atoms with Crippen molar-refractivity contribution in [3.63, 3.8) is 0 Å². The Hall–Kier alpha value is -1.91. The first kappa shape index (κ1) is 24.4. The lowest BCUT2D eigenvalue weighted by Crippen LogP contribution is -2.01. The van der Waals surface area contributed by atoms with Crippen molar-refractivity contribution in [1.29, 1.82) is 0 Å². The molecule has 0 fully saturated rings. The molecule has 0 N–H and O–H groups in total. The fourth-order valence-electron chi connectivity index (χ4n) is 3.61. The van der Waals surface area contributed by atoms with Crippen LogP contribution in [-0.4, -0.2) is 16.1 Å². The molecule has 0 aliphatic rings. The van der Waals surface area contributed by atoms with E-state index >= 15 is 0 Å². The molecular formula is C25H35F3N2. The van der Waals surface area contributed by atoms with E-state index in [0.29, 0.717) is 24.8 Å². The maximum Gasteiger partial charge on any atom is 0.170 e. The van der Waals surface area contributed by atoms with Crippen molar-refractivity contribution in [3.8, 4) is 11.4 Å². The van der Waals surface area contributed by atoms with Crippen LogP contribution < -0.4 is 0 Å². The van der Waals surface area contributed by atoms with Gasteiger partial charge in [0.05, 0.1) is 11.7 Å². The zero-order valence-electron chi connectivity index (χ0n) is 18.4. The van der Waals surface area contributed by atoms with Crippen molar-refractivity contribution in [2.45, 2.75) is 97.1 Å². The van der Waals surface area contributed by atoms with E-state index in [1.807, 2.05) is 0 Å². The predicted molar refractivity (Wildman–Crippen MR) is 117 cm³/mol. The lowest BCUT2D eigenvalue weighted by Gasteiger charge is -2.09. The van der Waals surface area contributed by atoms with Gasteiger partial charge in [0, 0.05) is 12.4 Å². The molecule has 2 aromatic rings. The SMILES string of the molecule is CCCCCCCCc1cnc(-c2ccc(CCCCCC(C)F)c(F)c2F)nc1. The second-order valence-corrected chi connectivity index (χ2v) is 8.21. The Morgan fingerprint density at radius 2 is 1.43 bits per heavy atom. The van der Waals surface area contributed by atoms with Crippen molar-refractivity contribution >= 4 is 0 Å². The van der Waals surface area contributed by atoms with Crippen LogP contribution in [0.25, 0.3) is 11.4 Å². The standard InChI is InChI=1S/C25H35F3N2/c1-3-4-5-6-7-10-13-20-17-29-25(30-18-20)22-16-15-21(23(27)24(22)28)14-11-8-9-12-19(2)26/h15-19H,3-14H2,1-2H3. The fourth-order valence-corrected chi connectivity index (χ4v) is 3.61. The third-order valence-electron chi connectivity index (χ3n) is 5.48. The molecule has 0 saturated heterocycles. The van der Waals surface area contributed by atoms with Gasteiger partial charge >= 0.3 is 0 Å². The molecule has 1 unspecified atom stereocenters. The van der Waals surface area contributed by atoms with Crippen LogP contribution in [0.1, 0.15) is 89.2 Å². The summed E-state index contributed by atoms with van der Waals surface area (Å²) in [6.45, 7) is 3.75. The number of hydrogen-bond donors (Lipinski definition) is 0. The van der Waals surface area contributed by atoms with Crippen molar-refractivity contribution in [1.82, 2.24) is 9.97 Å². The van der Waals surface area contributed by atoms with E-state index in [1.54, 1.807) is 24.5 Å². The molecule has 0 aliphatic heterocycles. The largest absolute Gasteiger partial charge is 0.248 e. The van der Waals surface area contributed by atoms with E-state index in [0.717, 1.165) is 31.2 Å². The number of unbranched alkanes of at least 4 members (excludes halogenated alkanes) is 7. The smallest absolute Gasteiger partial charge is 0.170 e. The number of halogens is 3. The maximum atomic E-state index is 14.6. The van der Waals surface area contributed by atoms with E-state index in [1.165, 1.54) is 39.0 Å². The second-order valence-electron chi connectivity index (χ2n) is 8.21. The van der Waals surface area contributed by atoms with Crippen LogP contribution in [0.15, 0.2) is 24.5 Å². The van der Waals surface area contributed by atoms with Crippen molar-refractivity contribution in [3.05, 3.63) is 47.3 Å². The summed E-state index contributed by atoms with van der Waals surface area (Å²) < 4.78 is 41.8. The first-order valence-electron chi connectivity index (χ1n) is 11.4. The summed E-state index contributed by atoms with van der Waals surface area (Å²) in [7, 11) is 0. The molecule has 0 aliphatic carbocycles. The van der Waals surface area contributed by atoms with Gasteiger partial charge in [0.25, 0.3) is 0 Å². The highest BCUT2D eigenvalue weighted by Crippen LogP contribution is 2.25. The first-order valence-corrected chi connectivity index (χ1v) is 11.4. The van der Waals surface area contributed by atoms with E-state index < -0.39 is 17.8 Å². The minimum absolute atomic E-state index is 0.0913. The van der Waals surface area contributed by atoms with Crippen LogP contribution in [0.5, 0.6) is 0 Å². The van der Waals surface area contributed by atoms with Crippen molar-refractivity contribution in [2.24, 2.45) is 0 Å². The molecule has 5 heteroatoms. The minimum atomic E-state index is -0.895.